The van der Waals surface area contributed by atoms with Crippen LogP contribution in [-0.4, -0.2) is 36.5 Å². The van der Waals surface area contributed by atoms with Crippen LogP contribution in [0.25, 0.3) is 11.5 Å². The van der Waals surface area contributed by atoms with Crippen LogP contribution in [0, 0.1) is 0 Å². The zero-order valence-corrected chi connectivity index (χ0v) is 17.7. The average molecular weight is 483 g/mol. The van der Waals surface area contributed by atoms with Gasteiger partial charge in [0.05, 0.1) is 12.2 Å². The first-order valence-corrected chi connectivity index (χ1v) is 8.98. The van der Waals surface area contributed by atoms with Gasteiger partial charge in [0.1, 0.15) is 6.26 Å². The Morgan fingerprint density at radius 1 is 1.26 bits per heavy atom. The fourth-order valence-corrected chi connectivity index (χ4v) is 2.48. The minimum atomic E-state index is 0. The number of hydrogen-bond acceptors (Lipinski definition) is 4. The van der Waals surface area contributed by atoms with Crippen molar-refractivity contribution in [2.45, 2.75) is 38.3 Å². The molecule has 0 aliphatic heterocycles. The summed E-state index contributed by atoms with van der Waals surface area (Å²) in [7, 11) is 1.72. The molecule has 0 radical (unpaired) electrons. The third-order valence-corrected chi connectivity index (χ3v) is 4.05. The molecular formula is C19H26IN5O2. The van der Waals surface area contributed by atoms with E-state index in [0.717, 1.165) is 30.5 Å². The Labute approximate surface area is 176 Å². The second kappa shape index (κ2) is 10.9. The van der Waals surface area contributed by atoms with Crippen LogP contribution in [0.3, 0.4) is 0 Å². The number of nitrogens with zero attached hydrogens (tertiary/aromatic N) is 2. The average Bonchev–Trinajstić information content (AvgIpc) is 3.35. The summed E-state index contributed by atoms with van der Waals surface area (Å²) < 4.78 is 5.52. The van der Waals surface area contributed by atoms with Crippen LogP contribution in [0.5, 0.6) is 0 Å². The minimum absolute atomic E-state index is 0. The van der Waals surface area contributed by atoms with Gasteiger partial charge in [0.25, 0.3) is 0 Å². The van der Waals surface area contributed by atoms with Crippen LogP contribution >= 0.6 is 24.0 Å². The summed E-state index contributed by atoms with van der Waals surface area (Å²) in [5.74, 6) is 1.41. The van der Waals surface area contributed by atoms with Crippen LogP contribution < -0.4 is 16.0 Å². The molecule has 146 valence electrons. The van der Waals surface area contributed by atoms with Crippen molar-refractivity contribution in [2.75, 3.05) is 13.6 Å². The quantitative estimate of drug-likeness (QED) is 0.233. The topological polar surface area (TPSA) is 91.5 Å². The van der Waals surface area contributed by atoms with Gasteiger partial charge in [-0.05, 0) is 31.4 Å². The van der Waals surface area contributed by atoms with Crippen molar-refractivity contribution in [3.8, 4) is 11.5 Å². The first kappa shape index (κ1) is 21.2. The summed E-state index contributed by atoms with van der Waals surface area (Å²) in [6.45, 7) is 1.20. The lowest BCUT2D eigenvalue weighted by atomic mass is 10.2. The van der Waals surface area contributed by atoms with Gasteiger partial charge in [-0.25, -0.2) is 4.98 Å². The van der Waals surface area contributed by atoms with Crippen molar-refractivity contribution in [3.63, 3.8) is 0 Å². The van der Waals surface area contributed by atoms with E-state index in [1.165, 1.54) is 0 Å². The molecule has 1 amide bonds. The lowest BCUT2D eigenvalue weighted by Gasteiger charge is -2.10. The zero-order valence-electron chi connectivity index (χ0n) is 15.4. The monoisotopic (exact) mass is 483 g/mol. The maximum absolute atomic E-state index is 11.6. The lowest BCUT2D eigenvalue weighted by Crippen LogP contribution is -2.37. The summed E-state index contributed by atoms with van der Waals surface area (Å²) in [6, 6.07) is 10.2. The molecular weight excluding hydrogens is 457 g/mol. The van der Waals surface area contributed by atoms with E-state index in [1.54, 1.807) is 13.3 Å². The van der Waals surface area contributed by atoms with Crippen molar-refractivity contribution in [1.82, 2.24) is 20.9 Å². The number of benzene rings is 1. The van der Waals surface area contributed by atoms with Crippen LogP contribution in [-0.2, 0) is 11.3 Å². The molecule has 0 unspecified atom stereocenters. The molecule has 8 heteroatoms. The van der Waals surface area contributed by atoms with Crippen molar-refractivity contribution in [3.05, 3.63) is 42.3 Å². The van der Waals surface area contributed by atoms with Crippen molar-refractivity contribution in [1.29, 1.82) is 0 Å². The third kappa shape index (κ3) is 7.20. The highest BCUT2D eigenvalue weighted by atomic mass is 127. The predicted molar refractivity (Wildman–Crippen MR) is 116 cm³/mol. The number of nitrogens with one attached hydrogen (secondary N) is 3. The molecule has 7 nitrogen and oxygen atoms in total. The fraction of sp³-hybridized carbons (Fsp3) is 0.421. The van der Waals surface area contributed by atoms with Crippen LogP contribution in [0.4, 0.5) is 0 Å². The summed E-state index contributed by atoms with van der Waals surface area (Å²) in [5, 5.41) is 9.39. The molecule has 1 aromatic heterocycles. The number of carbonyl (C=O) groups is 1. The van der Waals surface area contributed by atoms with Gasteiger partial charge in [0, 0.05) is 31.6 Å². The van der Waals surface area contributed by atoms with Gasteiger partial charge in [0.15, 0.2) is 5.96 Å². The third-order valence-electron chi connectivity index (χ3n) is 4.05. The van der Waals surface area contributed by atoms with E-state index in [4.69, 9.17) is 4.42 Å². The van der Waals surface area contributed by atoms with Crippen molar-refractivity contribution >= 4 is 35.8 Å². The van der Waals surface area contributed by atoms with E-state index in [9.17, 15) is 4.79 Å². The summed E-state index contributed by atoms with van der Waals surface area (Å²) in [5.41, 5.74) is 1.75. The minimum Gasteiger partial charge on any atom is -0.444 e. The summed E-state index contributed by atoms with van der Waals surface area (Å²) in [6.07, 6.45) is 5.18. The highest BCUT2D eigenvalue weighted by Gasteiger charge is 2.22. The molecule has 1 aliphatic carbocycles. The molecule has 1 heterocycles. The normalized spacial score (nSPS) is 13.6. The first-order valence-electron chi connectivity index (χ1n) is 8.98. The lowest BCUT2D eigenvalue weighted by molar-refractivity contribution is -0.121. The molecule has 1 aromatic carbocycles. The number of halogens is 1. The number of carbonyl (C=O) groups excluding carboxylic acids is 1. The first-order chi connectivity index (χ1) is 12.7. The SMILES string of the molecule is CN=C(NCCCC(=O)NC1CC1)NCc1coc(-c2ccccc2)n1.I. The zero-order chi connectivity index (χ0) is 18.2. The summed E-state index contributed by atoms with van der Waals surface area (Å²) in [4.78, 5) is 20.3. The Morgan fingerprint density at radius 2 is 2.04 bits per heavy atom. The molecule has 0 spiro atoms. The fourth-order valence-electron chi connectivity index (χ4n) is 2.48. The van der Waals surface area contributed by atoms with Gasteiger partial charge in [0.2, 0.25) is 11.8 Å². The molecule has 0 saturated heterocycles. The van der Waals surface area contributed by atoms with Gasteiger partial charge < -0.3 is 20.4 Å². The van der Waals surface area contributed by atoms with Crippen LogP contribution in [0.2, 0.25) is 0 Å². The molecule has 1 saturated carbocycles. The number of aromatic nitrogens is 1. The van der Waals surface area contributed by atoms with E-state index in [0.29, 0.717) is 37.4 Å². The maximum Gasteiger partial charge on any atom is 0.226 e. The van der Waals surface area contributed by atoms with E-state index in [-0.39, 0.29) is 29.9 Å². The van der Waals surface area contributed by atoms with Gasteiger partial charge in [-0.1, -0.05) is 18.2 Å². The van der Waals surface area contributed by atoms with Crippen molar-refractivity contribution < 1.29 is 9.21 Å². The van der Waals surface area contributed by atoms with Crippen LogP contribution in [0.15, 0.2) is 46.0 Å². The van der Waals surface area contributed by atoms with Gasteiger partial charge in [-0.2, -0.15) is 0 Å². The molecule has 0 bridgehead atoms. The Hall–Kier alpha value is -2.10. The number of oxazole rings is 1. The molecule has 3 N–H and O–H groups in total. The van der Waals surface area contributed by atoms with Crippen molar-refractivity contribution in [2.24, 2.45) is 4.99 Å². The van der Waals surface area contributed by atoms with E-state index in [2.05, 4.69) is 25.9 Å². The molecule has 1 fully saturated rings. The smallest absolute Gasteiger partial charge is 0.226 e. The molecule has 0 atom stereocenters. The maximum atomic E-state index is 11.6. The molecule has 1 aliphatic rings. The Morgan fingerprint density at radius 3 is 2.74 bits per heavy atom. The number of guanidine groups is 1. The Balaban J connectivity index is 0.00000261. The number of amides is 1. The predicted octanol–water partition coefficient (Wildman–Crippen LogP) is 2.68. The molecule has 27 heavy (non-hydrogen) atoms. The number of hydrogen-bond donors (Lipinski definition) is 3. The highest BCUT2D eigenvalue weighted by molar-refractivity contribution is 14.0. The van der Waals surface area contributed by atoms with Gasteiger partial charge >= 0.3 is 0 Å². The Kier molecular flexibility index (Phi) is 8.56. The summed E-state index contributed by atoms with van der Waals surface area (Å²) >= 11 is 0. The molecule has 2 aromatic rings. The molecule has 3 rings (SSSR count). The number of rotatable bonds is 8. The second-order valence-corrected chi connectivity index (χ2v) is 6.31. The second-order valence-electron chi connectivity index (χ2n) is 6.31. The van der Waals surface area contributed by atoms with Crippen LogP contribution in [0.1, 0.15) is 31.4 Å². The number of aliphatic imine (C=N–C) groups is 1. The highest BCUT2D eigenvalue weighted by Crippen LogP contribution is 2.19. The van der Waals surface area contributed by atoms with Gasteiger partial charge in [-0.3, -0.25) is 9.79 Å². The van der Waals surface area contributed by atoms with E-state index < -0.39 is 0 Å². The largest absolute Gasteiger partial charge is 0.444 e. The Bertz CT molecular complexity index is 744. The standard InChI is InChI=1S/C19H25N5O2.HI/c1-20-19(21-11-5-8-17(25)23-15-9-10-15)22-12-16-13-26-18(24-16)14-6-3-2-4-7-14;/h2-4,6-7,13,15H,5,8-12H2,1H3,(H,23,25)(H2,20,21,22);1H. The van der Waals surface area contributed by atoms with E-state index in [1.807, 2.05) is 30.3 Å². The van der Waals surface area contributed by atoms with Gasteiger partial charge in [-0.15, -0.1) is 24.0 Å². The van der Waals surface area contributed by atoms with E-state index >= 15 is 0 Å².